The molecule has 1 aliphatic heterocycles. The Morgan fingerprint density at radius 3 is 2.82 bits per heavy atom. The second kappa shape index (κ2) is 5.79. The van der Waals surface area contributed by atoms with Crippen molar-refractivity contribution in [2.24, 2.45) is 0 Å². The third kappa shape index (κ3) is 2.56. The molecule has 1 atom stereocenters. The molecule has 114 valence electrons. The molecule has 0 saturated heterocycles. The molecule has 2 heterocycles. The van der Waals surface area contributed by atoms with E-state index in [1.165, 1.54) is 29.0 Å². The van der Waals surface area contributed by atoms with E-state index < -0.39 is 0 Å². The molecule has 1 aromatic carbocycles. The largest absolute Gasteiger partial charge is 0.331 e. The molecule has 1 unspecified atom stereocenters. The maximum Gasteiger partial charge on any atom is 0.255 e. The van der Waals surface area contributed by atoms with E-state index in [9.17, 15) is 9.59 Å². The van der Waals surface area contributed by atoms with Crippen molar-refractivity contribution < 1.29 is 4.79 Å². The first-order valence-corrected chi connectivity index (χ1v) is 7.69. The molecular formula is C18H20N2O2. The lowest BCUT2D eigenvalue weighted by Crippen LogP contribution is -2.40. The van der Waals surface area contributed by atoms with Crippen LogP contribution < -0.4 is 5.56 Å². The number of nitrogens with zero attached hydrogens (tertiary/aromatic N) is 1. The van der Waals surface area contributed by atoms with Crippen LogP contribution in [0.4, 0.5) is 0 Å². The molecule has 22 heavy (non-hydrogen) atoms. The molecule has 1 N–H and O–H groups in total. The van der Waals surface area contributed by atoms with E-state index in [1.54, 1.807) is 6.07 Å². The zero-order valence-corrected chi connectivity index (χ0v) is 12.9. The Balaban J connectivity index is 1.94. The van der Waals surface area contributed by atoms with Gasteiger partial charge in [-0.3, -0.25) is 9.59 Å². The van der Waals surface area contributed by atoms with Crippen LogP contribution in [0.25, 0.3) is 0 Å². The molecule has 0 spiro atoms. The zero-order valence-electron chi connectivity index (χ0n) is 12.9. The SMILES string of the molecule is CCC1c2ccc(C)cc2CCN1C(=O)c1ccc(=O)[nH]c1. The van der Waals surface area contributed by atoms with Crippen molar-refractivity contribution in [2.45, 2.75) is 32.7 Å². The second-order valence-electron chi connectivity index (χ2n) is 5.82. The molecule has 1 amide bonds. The van der Waals surface area contributed by atoms with Gasteiger partial charge in [-0.2, -0.15) is 0 Å². The van der Waals surface area contributed by atoms with Gasteiger partial charge in [0.25, 0.3) is 5.91 Å². The van der Waals surface area contributed by atoms with Gasteiger partial charge in [0, 0.05) is 18.8 Å². The zero-order chi connectivity index (χ0) is 15.7. The minimum absolute atomic E-state index is 0.0191. The number of rotatable bonds is 2. The van der Waals surface area contributed by atoms with Gasteiger partial charge >= 0.3 is 0 Å². The predicted molar refractivity (Wildman–Crippen MR) is 86.0 cm³/mol. The molecule has 4 heteroatoms. The minimum atomic E-state index is -0.192. The van der Waals surface area contributed by atoms with Gasteiger partial charge in [-0.1, -0.05) is 30.7 Å². The molecule has 1 aliphatic rings. The van der Waals surface area contributed by atoms with Gasteiger partial charge < -0.3 is 9.88 Å². The van der Waals surface area contributed by atoms with Crippen LogP contribution in [0.5, 0.6) is 0 Å². The summed E-state index contributed by atoms with van der Waals surface area (Å²) >= 11 is 0. The normalized spacial score (nSPS) is 17.2. The standard InChI is InChI=1S/C18H20N2O2/c1-3-16-15-6-4-12(2)10-13(15)8-9-20(16)18(22)14-5-7-17(21)19-11-14/h4-7,10-11,16H,3,8-9H2,1-2H3,(H,19,21). The van der Waals surface area contributed by atoms with Crippen molar-refractivity contribution in [3.05, 3.63) is 69.1 Å². The molecule has 0 fully saturated rings. The highest BCUT2D eigenvalue weighted by molar-refractivity contribution is 5.94. The van der Waals surface area contributed by atoms with Gasteiger partial charge in [-0.15, -0.1) is 0 Å². The lowest BCUT2D eigenvalue weighted by Gasteiger charge is -2.37. The highest BCUT2D eigenvalue weighted by atomic mass is 16.2. The number of hydrogen-bond donors (Lipinski definition) is 1. The van der Waals surface area contributed by atoms with Crippen molar-refractivity contribution in [2.75, 3.05) is 6.54 Å². The molecule has 0 saturated carbocycles. The molecule has 4 nitrogen and oxygen atoms in total. The van der Waals surface area contributed by atoms with Crippen LogP contribution in [0, 0.1) is 6.92 Å². The fourth-order valence-corrected chi connectivity index (χ4v) is 3.23. The van der Waals surface area contributed by atoms with E-state index in [1.807, 2.05) is 4.90 Å². The number of amides is 1. The average Bonchev–Trinajstić information content (AvgIpc) is 2.53. The summed E-state index contributed by atoms with van der Waals surface area (Å²) in [5.41, 5.74) is 4.19. The van der Waals surface area contributed by atoms with E-state index in [0.29, 0.717) is 12.1 Å². The number of hydrogen-bond acceptors (Lipinski definition) is 2. The van der Waals surface area contributed by atoms with Crippen molar-refractivity contribution in [3.63, 3.8) is 0 Å². The molecule has 0 radical (unpaired) electrons. The second-order valence-corrected chi connectivity index (χ2v) is 5.82. The molecular weight excluding hydrogens is 276 g/mol. The van der Waals surface area contributed by atoms with Crippen molar-refractivity contribution >= 4 is 5.91 Å². The number of H-pyrrole nitrogens is 1. The fourth-order valence-electron chi connectivity index (χ4n) is 3.23. The Hall–Kier alpha value is -2.36. The topological polar surface area (TPSA) is 53.2 Å². The van der Waals surface area contributed by atoms with E-state index in [4.69, 9.17) is 0 Å². The third-order valence-electron chi connectivity index (χ3n) is 4.33. The van der Waals surface area contributed by atoms with E-state index in [-0.39, 0.29) is 17.5 Å². The maximum absolute atomic E-state index is 12.8. The first-order valence-electron chi connectivity index (χ1n) is 7.69. The summed E-state index contributed by atoms with van der Waals surface area (Å²) in [7, 11) is 0. The Kier molecular flexibility index (Phi) is 3.84. The van der Waals surface area contributed by atoms with Gasteiger partial charge in [0.15, 0.2) is 0 Å². The number of aryl methyl sites for hydroxylation is 1. The number of benzene rings is 1. The monoisotopic (exact) mass is 296 g/mol. The number of fused-ring (bicyclic) bond motifs is 1. The Morgan fingerprint density at radius 1 is 1.32 bits per heavy atom. The number of pyridine rings is 1. The van der Waals surface area contributed by atoms with Crippen LogP contribution >= 0.6 is 0 Å². The summed E-state index contributed by atoms with van der Waals surface area (Å²) in [5.74, 6) is -0.0191. The lowest BCUT2D eigenvalue weighted by atomic mass is 9.89. The van der Waals surface area contributed by atoms with Gasteiger partial charge in [0.05, 0.1) is 11.6 Å². The first kappa shape index (κ1) is 14.6. The third-order valence-corrected chi connectivity index (χ3v) is 4.33. The van der Waals surface area contributed by atoms with Crippen molar-refractivity contribution in [1.29, 1.82) is 0 Å². The van der Waals surface area contributed by atoms with Gasteiger partial charge in [0.1, 0.15) is 0 Å². The molecule has 1 aromatic heterocycles. The highest BCUT2D eigenvalue weighted by Crippen LogP contribution is 2.33. The molecule has 3 rings (SSSR count). The summed E-state index contributed by atoms with van der Waals surface area (Å²) < 4.78 is 0. The van der Waals surface area contributed by atoms with E-state index in [2.05, 4.69) is 37.0 Å². The van der Waals surface area contributed by atoms with E-state index in [0.717, 1.165) is 12.8 Å². The fraction of sp³-hybridized carbons (Fsp3) is 0.333. The smallest absolute Gasteiger partial charge is 0.255 e. The Morgan fingerprint density at radius 2 is 2.14 bits per heavy atom. The van der Waals surface area contributed by atoms with Crippen molar-refractivity contribution in [1.82, 2.24) is 9.88 Å². The van der Waals surface area contributed by atoms with Gasteiger partial charge in [-0.05, 0) is 37.0 Å². The number of carbonyl (C=O) groups is 1. The van der Waals surface area contributed by atoms with Crippen LogP contribution in [0.3, 0.4) is 0 Å². The van der Waals surface area contributed by atoms with Crippen LogP contribution in [0.2, 0.25) is 0 Å². The highest BCUT2D eigenvalue weighted by Gasteiger charge is 2.30. The molecule has 2 aromatic rings. The Bertz CT molecular complexity index is 743. The summed E-state index contributed by atoms with van der Waals surface area (Å²) in [6.45, 7) is 4.92. The lowest BCUT2D eigenvalue weighted by molar-refractivity contribution is 0.0655. The van der Waals surface area contributed by atoms with Crippen LogP contribution in [0.1, 0.15) is 46.4 Å². The van der Waals surface area contributed by atoms with E-state index >= 15 is 0 Å². The number of nitrogens with one attached hydrogen (secondary N) is 1. The molecule has 0 aliphatic carbocycles. The number of aromatic amines is 1. The van der Waals surface area contributed by atoms with Crippen LogP contribution in [0.15, 0.2) is 41.3 Å². The summed E-state index contributed by atoms with van der Waals surface area (Å²) in [6, 6.07) is 9.57. The summed E-state index contributed by atoms with van der Waals surface area (Å²) in [4.78, 5) is 28.4. The van der Waals surface area contributed by atoms with Crippen molar-refractivity contribution in [3.8, 4) is 0 Å². The van der Waals surface area contributed by atoms with Crippen LogP contribution in [-0.2, 0) is 6.42 Å². The Labute approximate surface area is 129 Å². The number of carbonyl (C=O) groups excluding carboxylic acids is 1. The summed E-state index contributed by atoms with van der Waals surface area (Å²) in [5, 5.41) is 0. The average molecular weight is 296 g/mol. The quantitative estimate of drug-likeness (QED) is 0.926. The summed E-state index contributed by atoms with van der Waals surface area (Å²) in [6.07, 6.45) is 3.26. The minimum Gasteiger partial charge on any atom is -0.331 e. The number of aromatic nitrogens is 1. The molecule has 0 bridgehead atoms. The maximum atomic E-state index is 12.8. The van der Waals surface area contributed by atoms with Gasteiger partial charge in [-0.25, -0.2) is 0 Å². The van der Waals surface area contributed by atoms with Crippen LogP contribution in [-0.4, -0.2) is 22.3 Å². The first-order chi connectivity index (χ1) is 10.6. The van der Waals surface area contributed by atoms with Gasteiger partial charge in [0.2, 0.25) is 5.56 Å². The predicted octanol–water partition coefficient (Wildman–Crippen LogP) is 2.83.